The number of nitrogens with zero attached hydrogens (tertiary/aromatic N) is 8. The van der Waals surface area contributed by atoms with E-state index < -0.39 is 46.6 Å². The molecule has 18 heteroatoms. The molecule has 3 amide bonds. The standard InChI is InChI=1S/C47H49F3N10O5/c1-56-35-21-28(4-5-33(35)60(45(56)65)34-6-7-38(61)55-44(34)64)3-2-15-57-17-19-58(20-18-57)30-24-51-42(52-25-30)29-8-16-59-26-36(54-37(59)22-29)47-12-9-46(10-13-47,11-14-47)27-53-43(63)31-23-32(48)41(62)40(50)39(31)49/h4-5,8,16,21-26,34,62H,2-3,6-7,9-15,17-20,27H2,1H3,(H,53,63)(H,55,61,64). The Bertz CT molecular complexity index is 2910. The summed E-state index contributed by atoms with van der Waals surface area (Å²) in [6.45, 7) is 4.73. The van der Waals surface area contributed by atoms with Crippen LogP contribution in [0.2, 0.25) is 0 Å². The molecule has 3 saturated carbocycles. The van der Waals surface area contributed by atoms with Crippen LogP contribution < -0.4 is 21.2 Å². The van der Waals surface area contributed by atoms with Crippen LogP contribution in [0.1, 0.15) is 85.4 Å². The third-order valence-electron chi connectivity index (χ3n) is 14.7. The van der Waals surface area contributed by atoms with Gasteiger partial charge in [0.2, 0.25) is 17.6 Å². The van der Waals surface area contributed by atoms with Crippen molar-refractivity contribution in [3.05, 3.63) is 106 Å². The fourth-order valence-electron chi connectivity index (χ4n) is 10.6. The van der Waals surface area contributed by atoms with Crippen LogP contribution in [0.3, 0.4) is 0 Å². The Morgan fingerprint density at radius 2 is 1.66 bits per heavy atom. The maximum Gasteiger partial charge on any atom is 0.329 e. The van der Waals surface area contributed by atoms with Crippen LogP contribution in [0, 0.1) is 22.9 Å². The summed E-state index contributed by atoms with van der Waals surface area (Å²) in [6.07, 6.45) is 15.2. The number of piperazine rings is 1. The van der Waals surface area contributed by atoms with Crippen molar-refractivity contribution in [3.63, 3.8) is 0 Å². The van der Waals surface area contributed by atoms with Crippen LogP contribution in [-0.4, -0.2) is 95.5 Å². The molecular weight excluding hydrogens is 842 g/mol. The Labute approximate surface area is 371 Å². The number of pyridine rings is 1. The first-order valence-corrected chi connectivity index (χ1v) is 22.3. The molecule has 5 aliphatic rings. The predicted octanol–water partition coefficient (Wildman–Crippen LogP) is 5.32. The topological polar surface area (TPSA) is 172 Å². The Morgan fingerprint density at radius 1 is 0.923 bits per heavy atom. The number of halogens is 3. The molecule has 2 aromatic carbocycles. The number of amides is 3. The van der Waals surface area contributed by atoms with E-state index in [1.54, 1.807) is 11.6 Å². The lowest BCUT2D eigenvalue weighted by Crippen LogP contribution is -2.49. The molecule has 5 fully saturated rings. The summed E-state index contributed by atoms with van der Waals surface area (Å²) in [5.41, 5.74) is 4.90. The second-order valence-corrected chi connectivity index (χ2v) is 18.4. The van der Waals surface area contributed by atoms with E-state index in [0.717, 1.165) is 118 Å². The van der Waals surface area contributed by atoms with Gasteiger partial charge in [0.25, 0.3) is 5.91 Å². The van der Waals surface area contributed by atoms with Gasteiger partial charge >= 0.3 is 5.69 Å². The average Bonchev–Trinajstić information content (AvgIpc) is 3.87. The quantitative estimate of drug-likeness (QED) is 0.114. The molecule has 15 nitrogen and oxygen atoms in total. The van der Waals surface area contributed by atoms with Crippen LogP contribution >= 0.6 is 0 Å². The number of nitrogens with one attached hydrogen (secondary N) is 2. The van der Waals surface area contributed by atoms with Gasteiger partial charge in [-0.2, -0.15) is 4.39 Å². The number of hydrogen-bond acceptors (Lipinski definition) is 10. The summed E-state index contributed by atoms with van der Waals surface area (Å²) in [5.74, 6) is -7.24. The van der Waals surface area contributed by atoms with E-state index in [-0.39, 0.29) is 35.4 Å². The highest BCUT2D eigenvalue weighted by Gasteiger charge is 2.50. The highest BCUT2D eigenvalue weighted by atomic mass is 19.2. The Morgan fingerprint density at radius 3 is 2.38 bits per heavy atom. The molecule has 65 heavy (non-hydrogen) atoms. The fourth-order valence-corrected chi connectivity index (χ4v) is 10.6. The van der Waals surface area contributed by atoms with E-state index in [1.165, 1.54) is 4.57 Å². The normalized spacial score (nSPS) is 22.5. The van der Waals surface area contributed by atoms with Crippen LogP contribution in [0.15, 0.2) is 66.0 Å². The van der Waals surface area contributed by atoms with Gasteiger partial charge < -0.3 is 19.7 Å². The number of phenolic OH excluding ortho intramolecular Hbond substituents is 1. The van der Waals surface area contributed by atoms with Crippen molar-refractivity contribution in [2.75, 3.05) is 44.2 Å². The molecule has 0 spiro atoms. The van der Waals surface area contributed by atoms with Gasteiger partial charge in [0.1, 0.15) is 11.7 Å². The number of benzene rings is 2. The second kappa shape index (κ2) is 16.5. The molecule has 2 saturated heterocycles. The summed E-state index contributed by atoms with van der Waals surface area (Å²) in [5, 5.41) is 14.4. The lowest BCUT2D eigenvalue weighted by Gasteiger charge is -2.53. The number of phenols is 1. The molecule has 2 aliphatic heterocycles. The molecule has 11 rings (SSSR count). The average molecular weight is 891 g/mol. The van der Waals surface area contributed by atoms with Crippen molar-refractivity contribution in [2.45, 2.75) is 75.7 Å². The number of hydrogen-bond donors (Lipinski definition) is 3. The summed E-state index contributed by atoms with van der Waals surface area (Å²) < 4.78 is 47.2. The van der Waals surface area contributed by atoms with Crippen LogP contribution in [-0.2, 0) is 28.5 Å². The first kappa shape index (κ1) is 42.4. The summed E-state index contributed by atoms with van der Waals surface area (Å²) >= 11 is 0. The number of aromatic hydroxyl groups is 1. The van der Waals surface area contributed by atoms with Gasteiger partial charge in [-0.25, -0.2) is 28.5 Å². The molecule has 6 aromatic rings. The zero-order valence-corrected chi connectivity index (χ0v) is 36.0. The number of anilines is 1. The van der Waals surface area contributed by atoms with Crippen LogP contribution in [0.4, 0.5) is 18.9 Å². The number of rotatable bonds is 11. The maximum absolute atomic E-state index is 14.3. The van der Waals surface area contributed by atoms with E-state index >= 15 is 0 Å². The number of imidazole rings is 2. The van der Waals surface area contributed by atoms with Crippen LogP contribution in [0.25, 0.3) is 28.1 Å². The van der Waals surface area contributed by atoms with Gasteiger partial charge in [0.05, 0.1) is 40.4 Å². The Balaban J connectivity index is 0.711. The molecule has 4 aromatic heterocycles. The van der Waals surface area contributed by atoms with E-state index in [4.69, 9.17) is 15.0 Å². The van der Waals surface area contributed by atoms with E-state index in [2.05, 4.69) is 26.6 Å². The molecule has 338 valence electrons. The lowest BCUT2D eigenvalue weighted by molar-refractivity contribution is -0.135. The molecule has 1 unspecified atom stereocenters. The van der Waals surface area contributed by atoms with E-state index in [1.807, 2.05) is 53.3 Å². The van der Waals surface area contributed by atoms with Gasteiger partial charge in [0, 0.05) is 69.6 Å². The van der Waals surface area contributed by atoms with Crippen molar-refractivity contribution in [1.29, 1.82) is 0 Å². The van der Waals surface area contributed by atoms with Gasteiger partial charge in [-0.05, 0) is 106 Å². The first-order valence-electron chi connectivity index (χ1n) is 22.3. The van der Waals surface area contributed by atoms with E-state index in [0.29, 0.717) is 23.8 Å². The predicted molar refractivity (Wildman–Crippen MR) is 234 cm³/mol. The molecular formula is C47H49F3N10O5. The lowest BCUT2D eigenvalue weighted by atomic mass is 9.53. The minimum absolute atomic E-state index is 0.108. The minimum Gasteiger partial charge on any atom is -0.503 e. The van der Waals surface area contributed by atoms with Crippen molar-refractivity contribution < 1.29 is 32.7 Å². The number of carbonyl (C=O) groups is 3. The number of carbonyl (C=O) groups excluding carboxylic acids is 3. The van der Waals surface area contributed by atoms with Gasteiger partial charge in [-0.15, -0.1) is 0 Å². The summed E-state index contributed by atoms with van der Waals surface area (Å²) in [7, 11) is 1.71. The highest BCUT2D eigenvalue weighted by molar-refractivity contribution is 6.00. The molecule has 6 heterocycles. The molecule has 3 N–H and O–H groups in total. The minimum atomic E-state index is -1.78. The van der Waals surface area contributed by atoms with Gasteiger partial charge in [-0.3, -0.25) is 33.7 Å². The first-order chi connectivity index (χ1) is 31.3. The zero-order chi connectivity index (χ0) is 45.2. The van der Waals surface area contributed by atoms with Crippen LogP contribution in [0.5, 0.6) is 5.75 Å². The van der Waals surface area contributed by atoms with E-state index in [9.17, 15) is 37.5 Å². The largest absolute Gasteiger partial charge is 0.503 e. The number of piperidine rings is 1. The fraction of sp³-hybridized carbons (Fsp3) is 0.426. The number of aryl methyl sites for hydroxylation is 2. The summed E-state index contributed by atoms with van der Waals surface area (Å²) in [4.78, 5) is 69.5. The maximum atomic E-state index is 14.3. The van der Waals surface area contributed by atoms with Gasteiger partial charge in [-0.1, -0.05) is 6.07 Å². The van der Waals surface area contributed by atoms with Crippen molar-refractivity contribution in [1.82, 2.24) is 44.0 Å². The number of aromatic nitrogens is 6. The molecule has 1 atom stereocenters. The third kappa shape index (κ3) is 7.70. The van der Waals surface area contributed by atoms with Gasteiger partial charge in [0.15, 0.2) is 23.2 Å². The Kier molecular flexibility index (Phi) is 10.7. The number of imide groups is 1. The highest BCUT2D eigenvalue weighted by Crippen LogP contribution is 2.57. The molecule has 3 aliphatic carbocycles. The second-order valence-electron chi connectivity index (χ2n) is 18.4. The molecule has 2 bridgehead atoms. The monoisotopic (exact) mass is 890 g/mol. The Hall–Kier alpha value is -6.56. The number of fused-ring (bicyclic) bond motifs is 5. The summed E-state index contributed by atoms with van der Waals surface area (Å²) in [6, 6.07) is 9.77. The zero-order valence-electron chi connectivity index (χ0n) is 36.0. The van der Waals surface area contributed by atoms with Crippen molar-refractivity contribution in [2.24, 2.45) is 12.5 Å². The SMILES string of the molecule is Cn1c(=O)n(C2CCC(=O)NC2=O)c2ccc(CCCN3CCN(c4cnc(-c5ccn6cc(C78CCC(CNC(=O)c9cc(F)c(O)c(F)c9F)(CC7)CC8)nc6c5)nc4)CC3)cc21. The molecule has 0 radical (unpaired) electrons. The third-order valence-corrected chi connectivity index (χ3v) is 14.7. The van der Waals surface area contributed by atoms with Crippen molar-refractivity contribution in [3.8, 4) is 17.1 Å². The smallest absolute Gasteiger partial charge is 0.329 e. The van der Waals surface area contributed by atoms with Crippen molar-refractivity contribution >= 4 is 40.1 Å².